The van der Waals surface area contributed by atoms with Crippen LogP contribution in [0, 0.1) is 0 Å². The van der Waals surface area contributed by atoms with Gasteiger partial charge in [0.05, 0.1) is 18.1 Å². The Balaban J connectivity index is 2.07. The molecule has 0 saturated heterocycles. The maximum absolute atomic E-state index is 4.89. The van der Waals surface area contributed by atoms with Crippen molar-refractivity contribution in [3.63, 3.8) is 0 Å². The average molecular weight is 248 g/mol. The van der Waals surface area contributed by atoms with Crippen LogP contribution in [0.3, 0.4) is 0 Å². The highest BCUT2D eigenvalue weighted by Gasteiger charge is 2.16. The van der Waals surface area contributed by atoms with Gasteiger partial charge in [0.25, 0.3) is 0 Å². The van der Waals surface area contributed by atoms with Crippen LogP contribution < -0.4 is 0 Å². The minimum Gasteiger partial charge on any atom is -0.364 e. The van der Waals surface area contributed by atoms with E-state index in [4.69, 9.17) is 4.52 Å². The second-order valence-corrected chi connectivity index (χ2v) is 4.90. The lowest BCUT2D eigenvalue weighted by atomic mass is 10.2. The van der Waals surface area contributed by atoms with Crippen LogP contribution in [0.25, 0.3) is 0 Å². The Kier molecular flexibility index (Phi) is 3.81. The van der Waals surface area contributed by atoms with Crippen molar-refractivity contribution in [2.45, 2.75) is 39.4 Å². The smallest absolute Gasteiger partial charge is 0.124 e. The van der Waals surface area contributed by atoms with Gasteiger partial charge in [0.1, 0.15) is 12.0 Å². The van der Waals surface area contributed by atoms with Gasteiger partial charge in [0.2, 0.25) is 0 Å². The average Bonchev–Trinajstić information content (AvgIpc) is 2.98. The van der Waals surface area contributed by atoms with Crippen molar-refractivity contribution >= 4 is 0 Å². The van der Waals surface area contributed by atoms with Crippen LogP contribution in [0.15, 0.2) is 29.4 Å². The maximum atomic E-state index is 4.89. The van der Waals surface area contributed by atoms with Crippen LogP contribution in [0.2, 0.25) is 0 Å². The van der Waals surface area contributed by atoms with Crippen LogP contribution in [0.4, 0.5) is 0 Å². The lowest BCUT2D eigenvalue weighted by Gasteiger charge is -2.23. The Bertz CT molecular complexity index is 475. The fraction of sp³-hybridized carbons (Fsp3) is 0.538. The molecule has 0 aliphatic heterocycles. The summed E-state index contributed by atoms with van der Waals surface area (Å²) >= 11 is 0. The number of aromatic nitrogens is 3. The van der Waals surface area contributed by atoms with E-state index in [9.17, 15) is 0 Å². The summed E-state index contributed by atoms with van der Waals surface area (Å²) in [6.07, 6.45) is 5.42. The Morgan fingerprint density at radius 3 is 2.78 bits per heavy atom. The molecule has 0 aliphatic carbocycles. The summed E-state index contributed by atoms with van der Waals surface area (Å²) in [6, 6.07) is 2.55. The third-order valence-corrected chi connectivity index (χ3v) is 3.26. The molecule has 2 aromatic heterocycles. The van der Waals surface area contributed by atoms with Gasteiger partial charge in [0, 0.05) is 24.8 Å². The number of rotatable bonds is 5. The van der Waals surface area contributed by atoms with E-state index in [0.29, 0.717) is 6.04 Å². The molecule has 5 nitrogen and oxygen atoms in total. The number of nitrogens with zero attached hydrogens (tertiary/aromatic N) is 4. The van der Waals surface area contributed by atoms with Gasteiger partial charge in [-0.25, -0.2) is 4.98 Å². The summed E-state index contributed by atoms with van der Waals surface area (Å²) in [5.74, 6) is 0. The van der Waals surface area contributed by atoms with E-state index in [1.165, 1.54) is 5.69 Å². The predicted molar refractivity (Wildman–Crippen MR) is 69.0 cm³/mol. The largest absolute Gasteiger partial charge is 0.364 e. The molecule has 98 valence electrons. The quantitative estimate of drug-likeness (QED) is 0.816. The lowest BCUT2D eigenvalue weighted by molar-refractivity contribution is 0.234. The van der Waals surface area contributed by atoms with Gasteiger partial charge < -0.3 is 9.09 Å². The van der Waals surface area contributed by atoms with E-state index in [2.05, 4.69) is 47.4 Å². The van der Waals surface area contributed by atoms with Gasteiger partial charge in [-0.3, -0.25) is 4.90 Å². The molecule has 2 rings (SSSR count). The summed E-state index contributed by atoms with van der Waals surface area (Å²) in [5, 5.41) is 3.98. The van der Waals surface area contributed by atoms with Gasteiger partial charge >= 0.3 is 0 Å². The first-order chi connectivity index (χ1) is 8.59. The number of hydrogen-bond donors (Lipinski definition) is 0. The Hall–Kier alpha value is -1.62. The van der Waals surface area contributed by atoms with Gasteiger partial charge in [0.15, 0.2) is 0 Å². The first-order valence-corrected chi connectivity index (χ1v) is 6.20. The van der Waals surface area contributed by atoms with E-state index < -0.39 is 0 Å². The lowest BCUT2D eigenvalue weighted by Crippen LogP contribution is -2.23. The van der Waals surface area contributed by atoms with E-state index in [-0.39, 0.29) is 6.04 Å². The summed E-state index contributed by atoms with van der Waals surface area (Å²) in [4.78, 5) is 6.45. The zero-order valence-corrected chi connectivity index (χ0v) is 11.4. The van der Waals surface area contributed by atoms with Crippen LogP contribution >= 0.6 is 0 Å². The van der Waals surface area contributed by atoms with E-state index in [0.717, 1.165) is 12.2 Å². The molecule has 0 aliphatic rings. The van der Waals surface area contributed by atoms with Crippen LogP contribution in [0.1, 0.15) is 44.2 Å². The summed E-state index contributed by atoms with van der Waals surface area (Å²) < 4.78 is 7.08. The van der Waals surface area contributed by atoms with E-state index in [1.807, 2.05) is 18.6 Å². The van der Waals surface area contributed by atoms with Crippen molar-refractivity contribution in [3.8, 4) is 0 Å². The molecule has 0 saturated carbocycles. The normalized spacial score (nSPS) is 13.4. The van der Waals surface area contributed by atoms with Crippen molar-refractivity contribution in [3.05, 3.63) is 36.2 Å². The van der Waals surface area contributed by atoms with Crippen molar-refractivity contribution in [1.29, 1.82) is 0 Å². The molecule has 0 N–H and O–H groups in total. The van der Waals surface area contributed by atoms with Gasteiger partial charge in [-0.2, -0.15) is 0 Å². The molecule has 0 aromatic carbocycles. The fourth-order valence-corrected chi connectivity index (χ4v) is 1.98. The molecule has 0 amide bonds. The second-order valence-electron chi connectivity index (χ2n) is 4.90. The molecule has 0 fully saturated rings. The zero-order valence-electron chi connectivity index (χ0n) is 11.4. The Labute approximate surface area is 107 Å². The monoisotopic (exact) mass is 248 g/mol. The number of hydrogen-bond acceptors (Lipinski definition) is 4. The Morgan fingerprint density at radius 1 is 1.39 bits per heavy atom. The first-order valence-electron chi connectivity index (χ1n) is 6.20. The third-order valence-electron chi connectivity index (χ3n) is 3.26. The van der Waals surface area contributed by atoms with Gasteiger partial charge in [-0.15, -0.1) is 0 Å². The van der Waals surface area contributed by atoms with Crippen LogP contribution in [-0.4, -0.2) is 26.7 Å². The van der Waals surface area contributed by atoms with Crippen LogP contribution in [-0.2, 0) is 6.54 Å². The third kappa shape index (κ3) is 2.61. The highest BCUT2D eigenvalue weighted by atomic mass is 16.5. The van der Waals surface area contributed by atoms with Crippen molar-refractivity contribution in [2.24, 2.45) is 0 Å². The first kappa shape index (κ1) is 12.8. The molecular formula is C13H20N4O. The van der Waals surface area contributed by atoms with Crippen molar-refractivity contribution in [1.82, 2.24) is 19.6 Å². The Morgan fingerprint density at radius 2 is 2.17 bits per heavy atom. The van der Waals surface area contributed by atoms with Crippen molar-refractivity contribution < 1.29 is 4.52 Å². The minimum absolute atomic E-state index is 0.222. The van der Waals surface area contributed by atoms with Crippen molar-refractivity contribution in [2.75, 3.05) is 7.05 Å². The topological polar surface area (TPSA) is 47.1 Å². The molecule has 0 spiro atoms. The fourth-order valence-electron chi connectivity index (χ4n) is 1.98. The summed E-state index contributed by atoms with van der Waals surface area (Å²) in [6.45, 7) is 7.28. The van der Waals surface area contributed by atoms with Crippen LogP contribution in [0.5, 0.6) is 0 Å². The molecule has 0 radical (unpaired) electrons. The molecule has 2 heterocycles. The zero-order chi connectivity index (χ0) is 13.1. The molecule has 18 heavy (non-hydrogen) atoms. The standard InChI is InChI=1S/C13H20N4O/c1-10(2)17-9-14-7-12(17)8-16(4)11(3)13-5-6-18-15-13/h5-7,9-11H,8H2,1-4H3. The minimum atomic E-state index is 0.222. The highest BCUT2D eigenvalue weighted by Crippen LogP contribution is 2.19. The SMILES string of the molecule is CC(c1ccon1)N(C)Cc1cncn1C(C)C. The highest BCUT2D eigenvalue weighted by molar-refractivity contribution is 5.04. The molecule has 1 unspecified atom stereocenters. The molecule has 5 heteroatoms. The maximum Gasteiger partial charge on any atom is 0.124 e. The van der Waals surface area contributed by atoms with Gasteiger partial charge in [-0.1, -0.05) is 5.16 Å². The molecule has 1 atom stereocenters. The van der Waals surface area contributed by atoms with E-state index in [1.54, 1.807) is 6.26 Å². The molecule has 0 bridgehead atoms. The second kappa shape index (κ2) is 5.35. The molecular weight excluding hydrogens is 228 g/mol. The summed E-state index contributed by atoms with van der Waals surface area (Å²) in [5.41, 5.74) is 2.16. The van der Waals surface area contributed by atoms with Gasteiger partial charge in [-0.05, 0) is 27.8 Å². The summed E-state index contributed by atoms with van der Waals surface area (Å²) in [7, 11) is 2.08. The number of imidazole rings is 1. The van der Waals surface area contributed by atoms with E-state index >= 15 is 0 Å². The predicted octanol–water partition coefficient (Wildman–Crippen LogP) is 2.65. The molecule has 2 aromatic rings.